The highest BCUT2D eigenvalue weighted by atomic mass is 31.2. The lowest BCUT2D eigenvalue weighted by Crippen LogP contribution is -2.49. The van der Waals surface area contributed by atoms with Gasteiger partial charge in [-0.3, -0.25) is 38.5 Å². The number of Topliss-reactive ketones (excluding diaryl/α,β-unsaturated/α-hetero) is 4. The number of ketones is 4. The first-order valence-electron chi connectivity index (χ1n) is 29.0. The van der Waals surface area contributed by atoms with Crippen LogP contribution in [0.4, 0.5) is 10.5 Å². The Labute approximate surface area is 481 Å². The van der Waals surface area contributed by atoms with Gasteiger partial charge in [-0.1, -0.05) is 38.5 Å². The Morgan fingerprint density at radius 1 is 0.741 bits per heavy atom. The number of amides is 8. The van der Waals surface area contributed by atoms with E-state index in [1.807, 2.05) is 20.8 Å². The first-order chi connectivity index (χ1) is 38.7. The van der Waals surface area contributed by atoms with Crippen LogP contribution in [0.5, 0.6) is 0 Å². The molecule has 1 heterocycles. The van der Waals surface area contributed by atoms with Gasteiger partial charge in [-0.15, -0.1) is 0 Å². The summed E-state index contributed by atoms with van der Waals surface area (Å²) in [6.45, 7) is 17.2. The zero-order valence-electron chi connectivity index (χ0n) is 49.1. The molecule has 2 atom stereocenters. The summed E-state index contributed by atoms with van der Waals surface area (Å²) in [7, 11) is -1.60. The molecule has 1 aliphatic rings. The number of benzene rings is 1. The van der Waals surface area contributed by atoms with E-state index < -0.39 is 69.6 Å². The summed E-state index contributed by atoms with van der Waals surface area (Å²) in [6, 6.07) is 2.61. The Hall–Kier alpha value is -6.01. The molecule has 8 amide bonds. The fourth-order valence-electron chi connectivity index (χ4n) is 8.83. The molecule has 0 aliphatic carbocycles. The van der Waals surface area contributed by atoms with Crippen LogP contribution in [0.3, 0.4) is 0 Å². The first kappa shape index (κ1) is 71.1. The molecule has 1 aromatic rings. The number of carbonyl (C=O) groups is 11. The van der Waals surface area contributed by atoms with Crippen molar-refractivity contribution in [1.29, 1.82) is 0 Å². The van der Waals surface area contributed by atoms with E-state index in [-0.39, 0.29) is 104 Å². The highest BCUT2D eigenvalue weighted by Crippen LogP contribution is 2.46. The molecule has 2 unspecified atom stereocenters. The number of imide groups is 1. The SMILES string of the molecule is [C-]#[N+]CCOP1OCCCCCCC(=O)Nc2cc(cc(C(=O)N(CC(=O)NCCCCCC(C)=O)C(=O)NCCCCCC(C)=O)c2)C(=O)N(CC(=O)NCCCCCC(C)=O)CC(=O)NCCCCCC(=O)CC(C)N1C(C)C. The van der Waals surface area contributed by atoms with Crippen molar-refractivity contribution < 1.29 is 61.8 Å². The Balaban J connectivity index is 2.59. The lowest BCUT2D eigenvalue weighted by molar-refractivity contribution is -0.125. The summed E-state index contributed by atoms with van der Waals surface area (Å²) in [4.78, 5) is 150. The van der Waals surface area contributed by atoms with Crippen LogP contribution >= 0.6 is 8.53 Å². The van der Waals surface area contributed by atoms with Gasteiger partial charge >= 0.3 is 6.03 Å². The lowest BCUT2D eigenvalue weighted by atomic mass is 10.1. The molecule has 2 bridgehead atoms. The third-order valence-electron chi connectivity index (χ3n) is 13.0. The number of fused-ring (bicyclic) bond motifs is 2. The molecular weight excluding hydrogens is 1060 g/mol. The minimum absolute atomic E-state index is 0.00537. The zero-order valence-corrected chi connectivity index (χ0v) is 50.0. The highest BCUT2D eigenvalue weighted by molar-refractivity contribution is 7.44. The molecule has 452 valence electrons. The molecule has 1 aliphatic heterocycles. The predicted octanol–water partition coefficient (Wildman–Crippen LogP) is 7.78. The van der Waals surface area contributed by atoms with E-state index in [1.165, 1.54) is 39.0 Å². The van der Waals surface area contributed by atoms with E-state index in [4.69, 9.17) is 15.6 Å². The third-order valence-corrected chi connectivity index (χ3v) is 15.1. The Kier molecular flexibility index (Phi) is 36.8. The smallest absolute Gasteiger partial charge is 0.324 e. The third kappa shape index (κ3) is 32.3. The van der Waals surface area contributed by atoms with Crippen molar-refractivity contribution in [2.24, 2.45) is 0 Å². The topological polar surface area (TPSA) is 280 Å². The standard InChI is InChI=1S/C58H92N9O13P/c1-43(2)67-44(3)36-51(71)27-17-13-21-30-61-54(74)41-65(40-53(73)60-29-19-10-14-24-45(4)68)56(76)48-37-49(39-50(38-48)64-52(72)28-18-8-9-23-34-79-81(67)80-35-33-59-7)57(77)66(58(78)63-32-22-12-16-26-47(6)70)42-55(75)62-31-20-11-15-25-46(5)69/h37-39,43-44H,8-36,40-42H2,1-6H3,(H,60,73)(H,61,74)(H,62,75)(H,63,78)(H,64,72). The quantitative estimate of drug-likeness (QED) is 0.0320. The summed E-state index contributed by atoms with van der Waals surface area (Å²) in [5.41, 5.74) is -0.489. The van der Waals surface area contributed by atoms with Gasteiger partial charge in [-0.05, 0) is 124 Å². The molecule has 0 fully saturated rings. The Morgan fingerprint density at radius 2 is 1.32 bits per heavy atom. The van der Waals surface area contributed by atoms with Gasteiger partial charge in [0.1, 0.15) is 49.4 Å². The maximum absolute atomic E-state index is 14.7. The van der Waals surface area contributed by atoms with Crippen LogP contribution in [-0.2, 0) is 47.4 Å². The monoisotopic (exact) mass is 1150 g/mol. The van der Waals surface area contributed by atoms with Crippen molar-refractivity contribution in [3.05, 3.63) is 40.7 Å². The van der Waals surface area contributed by atoms with E-state index in [0.717, 1.165) is 4.90 Å². The van der Waals surface area contributed by atoms with E-state index in [0.29, 0.717) is 140 Å². The number of nitrogens with one attached hydrogen (secondary N) is 5. The zero-order chi connectivity index (χ0) is 60.0. The minimum Gasteiger partial charge on any atom is -0.355 e. The van der Waals surface area contributed by atoms with Crippen LogP contribution < -0.4 is 26.6 Å². The second-order valence-electron chi connectivity index (χ2n) is 21.0. The van der Waals surface area contributed by atoms with E-state index in [1.54, 1.807) is 0 Å². The maximum Gasteiger partial charge on any atom is 0.324 e. The molecule has 1 aromatic carbocycles. The second-order valence-corrected chi connectivity index (χ2v) is 22.5. The molecule has 0 spiro atoms. The van der Waals surface area contributed by atoms with Crippen LogP contribution in [0, 0.1) is 6.57 Å². The number of urea groups is 1. The second kappa shape index (κ2) is 41.9. The van der Waals surface area contributed by atoms with Crippen molar-refractivity contribution in [2.75, 3.05) is 70.9 Å². The van der Waals surface area contributed by atoms with Gasteiger partial charge in [0.15, 0.2) is 0 Å². The molecule has 0 saturated heterocycles. The normalized spacial score (nSPS) is 17.0. The summed E-state index contributed by atoms with van der Waals surface area (Å²) < 4.78 is 14.5. The largest absolute Gasteiger partial charge is 0.355 e. The summed E-state index contributed by atoms with van der Waals surface area (Å²) in [5, 5.41) is 13.8. The number of hydrogen-bond acceptors (Lipinski definition) is 14. The van der Waals surface area contributed by atoms with Gasteiger partial charge in [0.25, 0.3) is 20.3 Å². The van der Waals surface area contributed by atoms with Gasteiger partial charge < -0.3 is 59.8 Å². The molecular formula is C58H92N9O13P. The molecule has 0 aromatic heterocycles. The number of rotatable bonds is 27. The van der Waals surface area contributed by atoms with Crippen LogP contribution in [0.15, 0.2) is 18.2 Å². The van der Waals surface area contributed by atoms with Gasteiger partial charge in [0, 0.05) is 93.6 Å². The molecule has 2 rings (SSSR count). The van der Waals surface area contributed by atoms with Crippen molar-refractivity contribution in [2.45, 2.75) is 195 Å². The Bertz CT molecular complexity index is 2260. The van der Waals surface area contributed by atoms with Gasteiger partial charge in [-0.2, -0.15) is 0 Å². The lowest BCUT2D eigenvalue weighted by Gasteiger charge is -2.36. The van der Waals surface area contributed by atoms with Crippen molar-refractivity contribution in [1.82, 2.24) is 35.7 Å². The van der Waals surface area contributed by atoms with Gasteiger partial charge in [0.05, 0.1) is 6.61 Å². The van der Waals surface area contributed by atoms with E-state index >= 15 is 0 Å². The van der Waals surface area contributed by atoms with Crippen LogP contribution in [0.25, 0.3) is 4.85 Å². The number of anilines is 1. The van der Waals surface area contributed by atoms with Crippen LogP contribution in [0.1, 0.15) is 204 Å². The number of unbranched alkanes of at least 4 members (excludes halogenated alkanes) is 6. The molecule has 0 radical (unpaired) electrons. The summed E-state index contributed by atoms with van der Waals surface area (Å²) in [5.74, 6) is -3.95. The highest BCUT2D eigenvalue weighted by Gasteiger charge is 2.32. The molecule has 0 saturated carbocycles. The predicted molar refractivity (Wildman–Crippen MR) is 310 cm³/mol. The van der Waals surface area contributed by atoms with Crippen molar-refractivity contribution in [3.63, 3.8) is 0 Å². The summed E-state index contributed by atoms with van der Waals surface area (Å²) >= 11 is 0. The fourth-order valence-corrected chi connectivity index (χ4v) is 10.5. The van der Waals surface area contributed by atoms with Crippen molar-refractivity contribution >= 4 is 78.8 Å². The minimum atomic E-state index is -1.60. The number of nitrogens with zero attached hydrogens (tertiary/aromatic N) is 4. The van der Waals surface area contributed by atoms with Gasteiger partial charge in [0.2, 0.25) is 30.2 Å². The number of carbonyl (C=O) groups excluding carboxylic acids is 11. The summed E-state index contributed by atoms with van der Waals surface area (Å²) in [6.07, 6.45) is 11.3. The van der Waals surface area contributed by atoms with Crippen LogP contribution in [0.2, 0.25) is 0 Å². The maximum atomic E-state index is 14.7. The van der Waals surface area contributed by atoms with Crippen LogP contribution in [-0.4, -0.2) is 157 Å². The molecule has 5 N–H and O–H groups in total. The molecule has 23 heteroatoms. The number of hydrogen-bond donors (Lipinski definition) is 5. The Morgan fingerprint density at radius 3 is 1.93 bits per heavy atom. The van der Waals surface area contributed by atoms with Crippen molar-refractivity contribution in [3.8, 4) is 0 Å². The first-order valence-corrected chi connectivity index (χ1v) is 30.2. The fraction of sp³-hybridized carbons (Fsp3) is 0.690. The van der Waals surface area contributed by atoms with Gasteiger partial charge in [-0.25, -0.2) is 16.0 Å². The van der Waals surface area contributed by atoms with E-state index in [2.05, 4.69) is 36.1 Å². The molecule has 22 nitrogen and oxygen atoms in total. The average Bonchev–Trinajstić information content (AvgIpc) is 3.40. The van der Waals surface area contributed by atoms with E-state index in [9.17, 15) is 52.7 Å². The average molecular weight is 1150 g/mol. The molecule has 81 heavy (non-hydrogen) atoms.